The Bertz CT molecular complexity index is 779. The first-order valence-corrected chi connectivity index (χ1v) is 14.8. The maximum atomic E-state index is 12.2. The third kappa shape index (κ3) is 18.5. The van der Waals surface area contributed by atoms with Gasteiger partial charge in [-0.25, -0.2) is 9.59 Å². The SMILES string of the molecule is CCCCCCCCCCCCCCCCCCOC(=O)/C(C)=C/C=C(\C)C(=O)OCc1ccccc1. The molecule has 1 rings (SSSR count). The number of rotatable bonds is 22. The highest BCUT2D eigenvalue weighted by molar-refractivity contribution is 5.90. The molecule has 1 aromatic carbocycles. The summed E-state index contributed by atoms with van der Waals surface area (Å²) < 4.78 is 10.7. The van der Waals surface area contributed by atoms with Gasteiger partial charge in [0.2, 0.25) is 0 Å². The van der Waals surface area contributed by atoms with Crippen LogP contribution < -0.4 is 0 Å². The molecule has 1 aromatic rings. The summed E-state index contributed by atoms with van der Waals surface area (Å²) in [6.07, 6.45) is 24.4. The van der Waals surface area contributed by atoms with Gasteiger partial charge in [-0.15, -0.1) is 0 Å². The van der Waals surface area contributed by atoms with Crippen LogP contribution in [0.4, 0.5) is 0 Å². The molecule has 37 heavy (non-hydrogen) atoms. The summed E-state index contributed by atoms with van der Waals surface area (Å²) in [6, 6.07) is 9.55. The molecule has 0 radical (unpaired) electrons. The van der Waals surface area contributed by atoms with Crippen molar-refractivity contribution in [2.24, 2.45) is 0 Å². The van der Waals surface area contributed by atoms with Crippen LogP contribution in [-0.2, 0) is 25.7 Å². The summed E-state index contributed by atoms with van der Waals surface area (Å²) in [7, 11) is 0. The maximum absolute atomic E-state index is 12.2. The number of esters is 2. The van der Waals surface area contributed by atoms with Crippen molar-refractivity contribution in [1.82, 2.24) is 0 Å². The molecule has 0 aliphatic heterocycles. The van der Waals surface area contributed by atoms with Crippen molar-refractivity contribution in [2.75, 3.05) is 6.61 Å². The standard InChI is InChI=1S/C33H52O4/c1-4-5-6-7-8-9-10-11-12-13-14-15-16-17-18-22-27-36-32(34)29(2)25-26-30(3)33(35)37-28-31-23-20-19-21-24-31/h19-21,23-26H,4-18,22,27-28H2,1-3H3/b29-25+,30-26+. The number of hydrogen-bond donors (Lipinski definition) is 0. The molecule has 0 saturated heterocycles. The van der Waals surface area contributed by atoms with Crippen LogP contribution in [0.15, 0.2) is 53.6 Å². The largest absolute Gasteiger partial charge is 0.462 e. The van der Waals surface area contributed by atoms with Crippen molar-refractivity contribution in [3.05, 3.63) is 59.2 Å². The molecule has 0 aliphatic carbocycles. The first-order chi connectivity index (χ1) is 18.0. The fourth-order valence-corrected chi connectivity index (χ4v) is 4.15. The predicted octanol–water partition coefficient (Wildman–Crippen LogP) is 9.43. The lowest BCUT2D eigenvalue weighted by Gasteiger charge is -2.06. The Morgan fingerprint density at radius 1 is 0.595 bits per heavy atom. The van der Waals surface area contributed by atoms with Crippen LogP contribution >= 0.6 is 0 Å². The van der Waals surface area contributed by atoms with Gasteiger partial charge in [0.1, 0.15) is 6.61 Å². The van der Waals surface area contributed by atoms with Gasteiger partial charge in [0.25, 0.3) is 0 Å². The smallest absolute Gasteiger partial charge is 0.334 e. The van der Waals surface area contributed by atoms with Crippen molar-refractivity contribution in [1.29, 1.82) is 0 Å². The molecular weight excluding hydrogens is 460 g/mol. The van der Waals surface area contributed by atoms with Crippen LogP contribution in [0.2, 0.25) is 0 Å². The van der Waals surface area contributed by atoms with Gasteiger partial charge in [0, 0.05) is 11.1 Å². The van der Waals surface area contributed by atoms with E-state index in [0.717, 1.165) is 18.4 Å². The molecule has 0 atom stereocenters. The van der Waals surface area contributed by atoms with E-state index in [4.69, 9.17) is 9.47 Å². The van der Waals surface area contributed by atoms with E-state index in [1.54, 1.807) is 26.0 Å². The summed E-state index contributed by atoms with van der Waals surface area (Å²) in [4.78, 5) is 24.3. The summed E-state index contributed by atoms with van der Waals surface area (Å²) in [6.45, 7) is 6.34. The molecule has 0 heterocycles. The van der Waals surface area contributed by atoms with E-state index >= 15 is 0 Å². The Morgan fingerprint density at radius 3 is 1.46 bits per heavy atom. The predicted molar refractivity (Wildman–Crippen MR) is 154 cm³/mol. The average molecular weight is 513 g/mol. The van der Waals surface area contributed by atoms with Crippen LogP contribution in [0.25, 0.3) is 0 Å². The summed E-state index contributed by atoms with van der Waals surface area (Å²) in [5.74, 6) is -0.725. The Hall–Kier alpha value is -2.36. The molecule has 0 bridgehead atoms. The summed E-state index contributed by atoms with van der Waals surface area (Å²) >= 11 is 0. The number of hydrogen-bond acceptors (Lipinski definition) is 4. The number of carbonyl (C=O) groups is 2. The first kappa shape index (κ1) is 32.7. The van der Waals surface area contributed by atoms with Crippen LogP contribution in [-0.4, -0.2) is 18.5 Å². The van der Waals surface area contributed by atoms with Gasteiger partial charge in [0.05, 0.1) is 6.61 Å². The van der Waals surface area contributed by atoms with Crippen molar-refractivity contribution in [2.45, 2.75) is 130 Å². The molecule has 0 unspecified atom stereocenters. The lowest BCUT2D eigenvalue weighted by molar-refractivity contribution is -0.140. The lowest BCUT2D eigenvalue weighted by Crippen LogP contribution is -2.08. The van der Waals surface area contributed by atoms with E-state index in [2.05, 4.69) is 6.92 Å². The zero-order valence-corrected chi connectivity index (χ0v) is 23.9. The maximum Gasteiger partial charge on any atom is 0.334 e. The second kappa shape index (κ2) is 22.8. The second-order valence-electron chi connectivity index (χ2n) is 10.2. The highest BCUT2D eigenvalue weighted by Gasteiger charge is 2.08. The number of ether oxygens (including phenoxy) is 2. The number of unbranched alkanes of at least 4 members (excludes halogenated alkanes) is 15. The van der Waals surface area contributed by atoms with Gasteiger partial charge >= 0.3 is 11.9 Å². The quantitative estimate of drug-likeness (QED) is 0.0672. The molecule has 0 spiro atoms. The molecule has 208 valence electrons. The number of allylic oxidation sites excluding steroid dienone is 2. The highest BCUT2D eigenvalue weighted by Crippen LogP contribution is 2.14. The third-order valence-electron chi connectivity index (χ3n) is 6.67. The molecule has 4 nitrogen and oxygen atoms in total. The zero-order valence-electron chi connectivity index (χ0n) is 23.9. The van der Waals surface area contributed by atoms with E-state index in [1.807, 2.05) is 30.3 Å². The fraction of sp³-hybridized carbons (Fsp3) is 0.636. The molecule has 0 N–H and O–H groups in total. The van der Waals surface area contributed by atoms with E-state index in [9.17, 15) is 9.59 Å². The van der Waals surface area contributed by atoms with Crippen LogP contribution in [0.1, 0.15) is 129 Å². The Labute approximate surface area is 226 Å². The van der Waals surface area contributed by atoms with Gasteiger partial charge in [-0.1, -0.05) is 146 Å². The van der Waals surface area contributed by atoms with Gasteiger partial charge in [-0.05, 0) is 25.8 Å². The van der Waals surface area contributed by atoms with Gasteiger partial charge in [0.15, 0.2) is 0 Å². The van der Waals surface area contributed by atoms with Crippen molar-refractivity contribution in [3.63, 3.8) is 0 Å². The molecule has 0 saturated carbocycles. The topological polar surface area (TPSA) is 52.6 Å². The average Bonchev–Trinajstić information content (AvgIpc) is 2.92. The van der Waals surface area contributed by atoms with Crippen LogP contribution in [0.3, 0.4) is 0 Å². The fourth-order valence-electron chi connectivity index (χ4n) is 4.15. The summed E-state index contributed by atoms with van der Waals surface area (Å²) in [5, 5.41) is 0. The zero-order chi connectivity index (χ0) is 27.0. The monoisotopic (exact) mass is 512 g/mol. The van der Waals surface area contributed by atoms with E-state index in [-0.39, 0.29) is 12.6 Å². The third-order valence-corrected chi connectivity index (χ3v) is 6.67. The van der Waals surface area contributed by atoms with Gasteiger partial charge in [-0.3, -0.25) is 0 Å². The van der Waals surface area contributed by atoms with Crippen molar-refractivity contribution < 1.29 is 19.1 Å². The van der Waals surface area contributed by atoms with Crippen LogP contribution in [0, 0.1) is 0 Å². The molecule has 0 aromatic heterocycles. The number of benzene rings is 1. The van der Waals surface area contributed by atoms with Gasteiger partial charge in [-0.2, -0.15) is 0 Å². The minimum atomic E-state index is -0.394. The lowest BCUT2D eigenvalue weighted by atomic mass is 10.0. The Balaban J connectivity index is 1.99. The summed E-state index contributed by atoms with van der Waals surface area (Å²) in [5.41, 5.74) is 1.86. The van der Waals surface area contributed by atoms with Crippen molar-refractivity contribution in [3.8, 4) is 0 Å². The van der Waals surface area contributed by atoms with Crippen LogP contribution in [0.5, 0.6) is 0 Å². The molecule has 4 heteroatoms. The minimum absolute atomic E-state index is 0.231. The molecule has 0 fully saturated rings. The Morgan fingerprint density at radius 2 is 1.00 bits per heavy atom. The molecular formula is C33H52O4. The Kier molecular flexibility index (Phi) is 20.1. The second-order valence-corrected chi connectivity index (χ2v) is 10.2. The van der Waals surface area contributed by atoms with Gasteiger partial charge < -0.3 is 9.47 Å². The van der Waals surface area contributed by atoms with Crippen molar-refractivity contribution >= 4 is 11.9 Å². The minimum Gasteiger partial charge on any atom is -0.462 e. The molecule has 0 amide bonds. The van der Waals surface area contributed by atoms with E-state index in [1.165, 1.54) is 89.9 Å². The highest BCUT2D eigenvalue weighted by atomic mass is 16.5. The van der Waals surface area contributed by atoms with E-state index < -0.39 is 5.97 Å². The van der Waals surface area contributed by atoms with E-state index in [0.29, 0.717) is 17.8 Å². The normalized spacial score (nSPS) is 12.0. The molecule has 0 aliphatic rings. The number of carbonyl (C=O) groups excluding carboxylic acids is 2. The first-order valence-electron chi connectivity index (χ1n) is 14.8.